The minimum Gasteiger partial charge on any atom is -1.00 e. The summed E-state index contributed by atoms with van der Waals surface area (Å²) < 4.78 is 3.56. The van der Waals surface area contributed by atoms with Gasteiger partial charge in [0.2, 0.25) is 0 Å². The summed E-state index contributed by atoms with van der Waals surface area (Å²) in [6, 6.07) is 19.3. The van der Waals surface area contributed by atoms with Gasteiger partial charge < -0.3 is 24.8 Å². The minimum atomic E-state index is -2.09. The van der Waals surface area contributed by atoms with E-state index in [2.05, 4.69) is 63.9 Å². The van der Waals surface area contributed by atoms with Gasteiger partial charge in [0.05, 0.1) is 0 Å². The van der Waals surface area contributed by atoms with Gasteiger partial charge in [0, 0.05) is 0 Å². The number of allylic oxidation sites excluding steroid dienone is 4. The molecule has 0 saturated heterocycles. The van der Waals surface area contributed by atoms with Crippen LogP contribution in [0.3, 0.4) is 0 Å². The van der Waals surface area contributed by atoms with E-state index in [4.69, 9.17) is 0 Å². The summed E-state index contributed by atoms with van der Waals surface area (Å²) in [5.41, 5.74) is 10.2. The minimum absolute atomic E-state index is 0. The molecule has 3 heteroatoms. The summed E-state index contributed by atoms with van der Waals surface area (Å²) in [6.45, 7) is 0. The molecule has 5 aliphatic carbocycles. The molecular weight excluding hydrogens is 571 g/mol. The Morgan fingerprint density at radius 3 is 1.41 bits per heavy atom. The Hall–Kier alpha value is -0.747. The fourth-order valence-electron chi connectivity index (χ4n) is 8.38. The van der Waals surface area contributed by atoms with Gasteiger partial charge in [-0.1, -0.05) is 0 Å². The predicted molar refractivity (Wildman–Crippen MR) is 146 cm³/mol. The Balaban J connectivity index is 0.00000140. The second-order valence-electron chi connectivity index (χ2n) is 12.0. The van der Waals surface area contributed by atoms with Crippen molar-refractivity contribution in [3.05, 3.63) is 82.9 Å². The smallest absolute Gasteiger partial charge is 1.00 e. The summed E-state index contributed by atoms with van der Waals surface area (Å²) >= 11 is -2.09. The largest absolute Gasteiger partial charge is 1.00 e. The summed E-state index contributed by atoms with van der Waals surface area (Å²) in [7, 11) is 0. The normalized spacial score (nSPS) is 24.9. The summed E-state index contributed by atoms with van der Waals surface area (Å²) in [4.78, 5) is 0. The van der Waals surface area contributed by atoms with Crippen LogP contribution in [-0.4, -0.2) is 3.21 Å². The third kappa shape index (κ3) is 5.12. The Labute approximate surface area is 244 Å². The SMILES string of the molecule is C1=C(C2CCCC2)c2ccccc2[CH]1[Zr+2](=[C]1CCCCC1)[CH]1C=C(C2CCCC2)c2ccccc21.[Cl-].[Cl-]. The monoisotopic (exact) mass is 608 g/mol. The van der Waals surface area contributed by atoms with Gasteiger partial charge in [-0.15, -0.1) is 0 Å². The van der Waals surface area contributed by atoms with Gasteiger partial charge >= 0.3 is 221 Å². The van der Waals surface area contributed by atoms with Crippen LogP contribution in [-0.2, 0) is 21.3 Å². The molecule has 3 fully saturated rings. The molecule has 37 heavy (non-hydrogen) atoms. The van der Waals surface area contributed by atoms with E-state index in [1.54, 1.807) is 33.4 Å². The van der Waals surface area contributed by atoms with Gasteiger partial charge in [-0.05, 0) is 0 Å². The maximum atomic E-state index is 2.88. The van der Waals surface area contributed by atoms with Crippen LogP contribution in [0.15, 0.2) is 60.7 Å². The zero-order chi connectivity index (χ0) is 23.2. The molecule has 194 valence electrons. The zero-order valence-corrected chi connectivity index (χ0v) is 26.0. The Morgan fingerprint density at radius 1 is 0.514 bits per heavy atom. The van der Waals surface area contributed by atoms with Gasteiger partial charge in [-0.25, -0.2) is 0 Å². The van der Waals surface area contributed by atoms with E-state index in [1.165, 1.54) is 83.5 Å². The molecule has 0 N–H and O–H groups in total. The quantitative estimate of drug-likeness (QED) is 0.498. The molecule has 0 aromatic heterocycles. The summed E-state index contributed by atoms with van der Waals surface area (Å²) in [6.07, 6.45) is 24.4. The van der Waals surface area contributed by atoms with Crippen molar-refractivity contribution in [3.8, 4) is 0 Å². The summed E-state index contributed by atoms with van der Waals surface area (Å²) in [5.74, 6) is 1.64. The first-order chi connectivity index (χ1) is 17.4. The van der Waals surface area contributed by atoms with Crippen LogP contribution in [0.2, 0.25) is 0 Å². The topological polar surface area (TPSA) is 0 Å². The molecule has 5 aliphatic rings. The average molecular weight is 611 g/mol. The van der Waals surface area contributed by atoms with Crippen molar-refractivity contribution < 1.29 is 46.1 Å². The first-order valence-corrected chi connectivity index (χ1v) is 18.8. The Morgan fingerprint density at radius 2 is 0.946 bits per heavy atom. The molecular formula is C34H40Cl2Zr. The molecule has 2 aromatic rings. The molecule has 7 rings (SSSR count). The number of fused-ring (bicyclic) bond motifs is 2. The third-order valence-corrected chi connectivity index (χ3v) is 18.9. The van der Waals surface area contributed by atoms with E-state index < -0.39 is 21.3 Å². The number of hydrogen-bond acceptors (Lipinski definition) is 0. The zero-order valence-electron chi connectivity index (χ0n) is 22.0. The molecule has 0 radical (unpaired) electrons. The number of halogens is 2. The standard InChI is InChI=1S/2C14H15.C6H10.2ClH.Zr/c2*1-2-6-11(5-1)14-10-9-12-7-3-4-8-13(12)14;1-2-4-6-5-3-1;;;/h2*3-4,7-11H,1-2,5-6H2;1-5H2;2*1H;/q;;;;;+2/p-2. The number of benzene rings is 2. The summed E-state index contributed by atoms with van der Waals surface area (Å²) in [5, 5.41) is 0. The maximum Gasteiger partial charge on any atom is -1.00 e. The molecule has 2 unspecified atom stereocenters. The number of rotatable bonds is 4. The van der Waals surface area contributed by atoms with E-state index in [0.29, 0.717) is 0 Å². The van der Waals surface area contributed by atoms with Crippen molar-refractivity contribution in [3.63, 3.8) is 0 Å². The van der Waals surface area contributed by atoms with Crippen LogP contribution in [0.1, 0.15) is 113 Å². The van der Waals surface area contributed by atoms with E-state index >= 15 is 0 Å². The van der Waals surface area contributed by atoms with Gasteiger partial charge in [0.15, 0.2) is 0 Å². The Bertz CT molecular complexity index is 1120. The van der Waals surface area contributed by atoms with Crippen molar-refractivity contribution in [2.75, 3.05) is 0 Å². The fourth-order valence-corrected chi connectivity index (χ4v) is 18.4. The van der Waals surface area contributed by atoms with Crippen LogP contribution >= 0.6 is 0 Å². The number of hydrogen-bond donors (Lipinski definition) is 0. The van der Waals surface area contributed by atoms with Crippen LogP contribution in [0.25, 0.3) is 11.1 Å². The Kier molecular flexibility index (Phi) is 9.16. The van der Waals surface area contributed by atoms with Crippen molar-refractivity contribution in [2.45, 2.75) is 90.7 Å². The van der Waals surface area contributed by atoms with Crippen LogP contribution in [0.5, 0.6) is 0 Å². The first kappa shape index (κ1) is 27.8. The van der Waals surface area contributed by atoms with Gasteiger partial charge in [-0.2, -0.15) is 0 Å². The van der Waals surface area contributed by atoms with Gasteiger partial charge in [0.25, 0.3) is 0 Å². The molecule has 0 aliphatic heterocycles. The molecule has 0 spiro atoms. The van der Waals surface area contributed by atoms with Crippen molar-refractivity contribution >= 4 is 14.4 Å². The van der Waals surface area contributed by atoms with E-state index in [1.807, 2.05) is 0 Å². The van der Waals surface area contributed by atoms with Gasteiger partial charge in [0.1, 0.15) is 0 Å². The second-order valence-corrected chi connectivity index (χ2v) is 19.0. The van der Waals surface area contributed by atoms with E-state index in [-0.39, 0.29) is 24.8 Å². The molecule has 0 nitrogen and oxygen atoms in total. The third-order valence-electron chi connectivity index (χ3n) is 10.0. The maximum absolute atomic E-state index is 2.88. The van der Waals surface area contributed by atoms with Crippen molar-refractivity contribution in [1.29, 1.82) is 0 Å². The average Bonchev–Trinajstić information content (AvgIpc) is 3.72. The van der Waals surface area contributed by atoms with Gasteiger partial charge in [-0.3, -0.25) is 0 Å². The van der Waals surface area contributed by atoms with Crippen LogP contribution in [0.4, 0.5) is 0 Å². The molecule has 0 amide bonds. The predicted octanol–water partition coefficient (Wildman–Crippen LogP) is 3.41. The molecule has 0 heterocycles. The molecule has 2 aromatic carbocycles. The fraction of sp³-hybridized carbons (Fsp3) is 0.500. The molecule has 2 atom stereocenters. The van der Waals surface area contributed by atoms with Crippen molar-refractivity contribution in [2.24, 2.45) is 11.8 Å². The van der Waals surface area contributed by atoms with Crippen molar-refractivity contribution in [1.82, 2.24) is 0 Å². The van der Waals surface area contributed by atoms with E-state index in [9.17, 15) is 0 Å². The molecule has 3 saturated carbocycles. The second kappa shape index (κ2) is 12.2. The van der Waals surface area contributed by atoms with E-state index in [0.717, 1.165) is 19.1 Å². The first-order valence-electron chi connectivity index (χ1n) is 14.7. The van der Waals surface area contributed by atoms with Crippen LogP contribution < -0.4 is 24.8 Å². The molecule has 0 bridgehead atoms. The van der Waals surface area contributed by atoms with Crippen LogP contribution in [0, 0.1) is 11.8 Å².